The number of ether oxygens (including phenoxy) is 6. The van der Waals surface area contributed by atoms with Crippen LogP contribution in [0.2, 0.25) is 0 Å². The van der Waals surface area contributed by atoms with Crippen LogP contribution in [0.5, 0.6) is 23.0 Å². The van der Waals surface area contributed by atoms with Crippen molar-refractivity contribution in [2.75, 3.05) is 21.3 Å². The monoisotopic (exact) mass is 758 g/mol. The number of halogens is 1. The molecule has 0 aliphatic carbocycles. The average Bonchev–Trinajstić information content (AvgIpc) is 3.21. The van der Waals surface area contributed by atoms with Gasteiger partial charge in [-0.15, -0.1) is 0 Å². The summed E-state index contributed by atoms with van der Waals surface area (Å²) >= 11 is 3.61. The number of carbonyl (C=O) groups is 1. The molecule has 0 spiro atoms. The Labute approximate surface area is 312 Å². The van der Waals surface area contributed by atoms with Gasteiger partial charge in [0.25, 0.3) is 0 Å². The Bertz CT molecular complexity index is 2030. The third-order valence-electron chi connectivity index (χ3n) is 8.67. The molecule has 0 aromatic heterocycles. The third kappa shape index (κ3) is 8.48. The molecule has 7 nitrogen and oxygen atoms in total. The normalized spacial score (nSPS) is 11.1. The second-order valence-electron chi connectivity index (χ2n) is 12.0. The van der Waals surface area contributed by atoms with Gasteiger partial charge in [0.2, 0.25) is 0 Å². The van der Waals surface area contributed by atoms with Gasteiger partial charge in [0.1, 0.15) is 41.8 Å². The number of hydrogen-bond donors (Lipinski definition) is 0. The summed E-state index contributed by atoms with van der Waals surface area (Å²) in [5, 5.41) is 0. The van der Waals surface area contributed by atoms with Gasteiger partial charge in [-0.1, -0.05) is 91.0 Å². The van der Waals surface area contributed by atoms with Crippen LogP contribution in [0, 0.1) is 0 Å². The van der Waals surface area contributed by atoms with Crippen molar-refractivity contribution >= 4 is 21.9 Å². The predicted molar refractivity (Wildman–Crippen MR) is 204 cm³/mol. The standard InChI is InChI=1S/C44H39BrO7/c1-47-38-19-15-36(16-20-38)44(35-13-5-4-6-14-35,37-17-21-39(48-2)22-18-37)52-30-32-10-7-9-31(25-32)29-51-42-27-40(23-24-41(42)45)50-28-33-11-8-12-34(26-33)43(46)49-3/h4-27H,28-30H2,1-3H3. The van der Waals surface area contributed by atoms with E-state index in [0.717, 1.165) is 49.4 Å². The SMILES string of the molecule is COC(=O)c1cccc(COc2ccc(Br)c(OCc3cccc(COC(c4ccccc4)(c4ccc(OC)cc4)c4ccc(OC)cc4)c3)c2)c1. The van der Waals surface area contributed by atoms with Gasteiger partial charge in [-0.2, -0.15) is 0 Å². The first-order chi connectivity index (χ1) is 25.4. The lowest BCUT2D eigenvalue weighted by atomic mass is 9.80. The highest BCUT2D eigenvalue weighted by Gasteiger charge is 2.38. The molecular formula is C44H39BrO7. The van der Waals surface area contributed by atoms with E-state index in [1.165, 1.54) is 7.11 Å². The van der Waals surface area contributed by atoms with Crippen LogP contribution >= 0.6 is 15.9 Å². The van der Waals surface area contributed by atoms with Crippen molar-refractivity contribution in [3.8, 4) is 23.0 Å². The summed E-state index contributed by atoms with van der Waals surface area (Å²) in [6.45, 7) is 0.939. The maximum Gasteiger partial charge on any atom is 0.337 e. The molecule has 52 heavy (non-hydrogen) atoms. The quantitative estimate of drug-likeness (QED) is 0.0763. The molecule has 8 heteroatoms. The molecule has 0 unspecified atom stereocenters. The van der Waals surface area contributed by atoms with E-state index >= 15 is 0 Å². The molecule has 6 aromatic rings. The van der Waals surface area contributed by atoms with E-state index in [9.17, 15) is 4.79 Å². The molecule has 6 aromatic carbocycles. The minimum Gasteiger partial charge on any atom is -0.497 e. The second-order valence-corrected chi connectivity index (χ2v) is 12.8. The third-order valence-corrected chi connectivity index (χ3v) is 9.33. The van der Waals surface area contributed by atoms with E-state index in [2.05, 4.69) is 64.5 Å². The molecular weight excluding hydrogens is 720 g/mol. The number of rotatable bonds is 15. The zero-order chi connectivity index (χ0) is 36.3. The minimum atomic E-state index is -0.932. The van der Waals surface area contributed by atoms with E-state index < -0.39 is 5.60 Å². The lowest BCUT2D eigenvalue weighted by Crippen LogP contribution is -2.32. The van der Waals surface area contributed by atoms with E-state index in [0.29, 0.717) is 30.3 Å². The summed E-state index contributed by atoms with van der Waals surface area (Å²) in [4.78, 5) is 11.9. The van der Waals surface area contributed by atoms with Crippen LogP contribution in [-0.4, -0.2) is 27.3 Å². The van der Waals surface area contributed by atoms with Crippen LogP contribution in [0.1, 0.15) is 43.7 Å². The highest BCUT2D eigenvalue weighted by molar-refractivity contribution is 9.10. The van der Waals surface area contributed by atoms with Crippen LogP contribution in [0.25, 0.3) is 0 Å². The molecule has 0 saturated carbocycles. The van der Waals surface area contributed by atoms with Crippen LogP contribution in [0.4, 0.5) is 0 Å². The molecule has 0 aliphatic heterocycles. The summed E-state index contributed by atoms with van der Waals surface area (Å²) in [6.07, 6.45) is 0. The maximum atomic E-state index is 11.9. The number of hydrogen-bond acceptors (Lipinski definition) is 7. The van der Waals surface area contributed by atoms with Gasteiger partial charge >= 0.3 is 5.97 Å². The van der Waals surface area contributed by atoms with E-state index in [4.69, 9.17) is 28.4 Å². The predicted octanol–water partition coefficient (Wildman–Crippen LogP) is 9.92. The molecule has 264 valence electrons. The summed E-state index contributed by atoms with van der Waals surface area (Å²) in [6, 6.07) is 47.3. The molecule has 0 fully saturated rings. The van der Waals surface area contributed by atoms with E-state index in [1.54, 1.807) is 32.4 Å². The largest absolute Gasteiger partial charge is 0.497 e. The Morgan fingerprint density at radius 2 is 1.08 bits per heavy atom. The Hall–Kier alpha value is -5.57. The van der Waals surface area contributed by atoms with Gasteiger partial charge < -0.3 is 28.4 Å². The lowest BCUT2D eigenvalue weighted by molar-refractivity contribution is 0.000146. The van der Waals surface area contributed by atoms with Crippen molar-refractivity contribution in [2.24, 2.45) is 0 Å². The van der Waals surface area contributed by atoms with E-state index in [1.807, 2.05) is 78.9 Å². The van der Waals surface area contributed by atoms with Crippen molar-refractivity contribution < 1.29 is 33.2 Å². The Morgan fingerprint density at radius 1 is 0.538 bits per heavy atom. The zero-order valence-corrected chi connectivity index (χ0v) is 30.8. The van der Waals surface area contributed by atoms with Crippen molar-refractivity contribution in [3.63, 3.8) is 0 Å². The number of benzene rings is 6. The number of carbonyl (C=O) groups excluding carboxylic acids is 1. The Kier molecular flexibility index (Phi) is 11.9. The van der Waals surface area contributed by atoms with Crippen LogP contribution in [-0.2, 0) is 34.9 Å². The van der Waals surface area contributed by atoms with Gasteiger partial charge in [0.05, 0.1) is 38.0 Å². The first kappa shape index (κ1) is 36.2. The molecule has 0 saturated heterocycles. The fraction of sp³-hybridized carbons (Fsp3) is 0.159. The molecule has 0 amide bonds. The Balaban J connectivity index is 1.21. The maximum absolute atomic E-state index is 11.9. The van der Waals surface area contributed by atoms with Gasteiger partial charge in [0, 0.05) is 6.07 Å². The van der Waals surface area contributed by atoms with Crippen LogP contribution < -0.4 is 18.9 Å². The topological polar surface area (TPSA) is 72.5 Å². The fourth-order valence-electron chi connectivity index (χ4n) is 5.99. The lowest BCUT2D eigenvalue weighted by Gasteiger charge is -2.36. The molecule has 0 atom stereocenters. The summed E-state index contributed by atoms with van der Waals surface area (Å²) < 4.78 is 36.0. The van der Waals surface area contributed by atoms with Gasteiger partial charge in [-0.05, 0) is 97.8 Å². The summed E-state index contributed by atoms with van der Waals surface area (Å²) in [5.74, 6) is 2.43. The molecule has 6 rings (SSSR count). The van der Waals surface area contributed by atoms with E-state index in [-0.39, 0.29) is 12.6 Å². The number of esters is 1. The molecule has 0 heterocycles. The average molecular weight is 760 g/mol. The number of methoxy groups -OCH3 is 3. The first-order valence-electron chi connectivity index (χ1n) is 16.7. The minimum absolute atomic E-state index is 0.283. The fourth-order valence-corrected chi connectivity index (χ4v) is 6.35. The van der Waals surface area contributed by atoms with Gasteiger partial charge in [-0.3, -0.25) is 0 Å². The summed E-state index contributed by atoms with van der Waals surface area (Å²) in [5.41, 5.74) is 5.29. The van der Waals surface area contributed by atoms with Crippen molar-refractivity contribution in [2.45, 2.75) is 25.4 Å². The second kappa shape index (κ2) is 17.1. The highest BCUT2D eigenvalue weighted by Crippen LogP contribution is 2.42. The van der Waals surface area contributed by atoms with Crippen molar-refractivity contribution in [1.82, 2.24) is 0 Å². The first-order valence-corrected chi connectivity index (χ1v) is 17.5. The molecule has 0 aliphatic rings. The highest BCUT2D eigenvalue weighted by atomic mass is 79.9. The Morgan fingerprint density at radius 3 is 1.69 bits per heavy atom. The van der Waals surface area contributed by atoms with Gasteiger partial charge in [-0.25, -0.2) is 4.79 Å². The molecule has 0 bridgehead atoms. The zero-order valence-electron chi connectivity index (χ0n) is 29.2. The van der Waals surface area contributed by atoms with Crippen molar-refractivity contribution in [1.29, 1.82) is 0 Å². The summed E-state index contributed by atoms with van der Waals surface area (Å²) in [7, 11) is 4.69. The van der Waals surface area contributed by atoms with Crippen molar-refractivity contribution in [3.05, 3.63) is 189 Å². The van der Waals surface area contributed by atoms with Gasteiger partial charge in [0.15, 0.2) is 0 Å². The van der Waals surface area contributed by atoms with Crippen LogP contribution in [0.15, 0.2) is 150 Å². The molecule has 0 radical (unpaired) electrons. The smallest absolute Gasteiger partial charge is 0.337 e. The molecule has 0 N–H and O–H groups in total. The van der Waals surface area contributed by atoms with Crippen LogP contribution in [0.3, 0.4) is 0 Å².